The lowest BCUT2D eigenvalue weighted by Gasteiger charge is -2.04. The molecule has 0 atom stereocenters. The van der Waals surface area contributed by atoms with Gasteiger partial charge < -0.3 is 14.6 Å². The van der Waals surface area contributed by atoms with Gasteiger partial charge in [-0.25, -0.2) is 0 Å². The van der Waals surface area contributed by atoms with E-state index in [4.69, 9.17) is 0 Å². The highest BCUT2D eigenvalue weighted by Crippen LogP contribution is 2.15. The van der Waals surface area contributed by atoms with Crippen LogP contribution in [0.1, 0.15) is 5.82 Å². The molecule has 0 aliphatic carbocycles. The molecule has 0 unspecified atom stereocenters. The van der Waals surface area contributed by atoms with Crippen LogP contribution in [-0.4, -0.2) is 30.0 Å². The van der Waals surface area contributed by atoms with E-state index < -0.39 is 12.8 Å². The molecule has 8 heteroatoms. The number of nitrogens with zero attached hydrogens (tertiary/aromatic N) is 2. The largest absolute Gasteiger partial charge is 0.411 e. The maximum Gasteiger partial charge on any atom is 0.411 e. The first-order valence-electron chi connectivity index (χ1n) is 3.66. The first kappa shape index (κ1) is 10.8. The first-order valence-corrected chi connectivity index (χ1v) is 3.66. The van der Waals surface area contributed by atoms with E-state index in [2.05, 4.69) is 24.7 Å². The molecule has 80 valence electrons. The Kier molecular flexibility index (Phi) is 3.28. The lowest BCUT2D eigenvalue weighted by Crippen LogP contribution is -2.16. The van der Waals surface area contributed by atoms with Crippen molar-refractivity contribution in [3.8, 4) is 0 Å². The molecule has 1 N–H and O–H groups in total. The Morgan fingerprint density at radius 1 is 1.50 bits per heavy atom. The van der Waals surface area contributed by atoms with Gasteiger partial charge in [-0.05, 0) is 0 Å². The Balaban J connectivity index is 2.31. The zero-order valence-electron chi connectivity index (χ0n) is 7.26. The van der Waals surface area contributed by atoms with Crippen molar-refractivity contribution < 1.29 is 22.4 Å². The zero-order chi connectivity index (χ0) is 10.6. The molecule has 1 heterocycles. The molecule has 1 rings (SSSR count). The molecule has 5 nitrogen and oxygen atoms in total. The monoisotopic (exact) mass is 211 g/mol. The molecule has 14 heavy (non-hydrogen) atoms. The van der Waals surface area contributed by atoms with Gasteiger partial charge in [0, 0.05) is 7.05 Å². The number of rotatable bonds is 4. The minimum atomic E-state index is -4.34. The predicted octanol–water partition coefficient (Wildman–Crippen LogP) is 1.19. The average Bonchev–Trinajstić information content (AvgIpc) is 2.50. The predicted molar refractivity (Wildman–Crippen MR) is 39.6 cm³/mol. The van der Waals surface area contributed by atoms with Crippen molar-refractivity contribution in [3.63, 3.8) is 0 Å². The molecule has 0 aromatic carbocycles. The van der Waals surface area contributed by atoms with Crippen LogP contribution >= 0.6 is 0 Å². The van der Waals surface area contributed by atoms with E-state index in [9.17, 15) is 13.2 Å². The third kappa shape index (κ3) is 3.60. The van der Waals surface area contributed by atoms with Crippen LogP contribution in [0.4, 0.5) is 19.2 Å². The summed E-state index contributed by atoms with van der Waals surface area (Å²) in [4.78, 5) is 3.67. The van der Waals surface area contributed by atoms with Gasteiger partial charge in [-0.3, -0.25) is 0 Å². The van der Waals surface area contributed by atoms with Crippen LogP contribution in [0.3, 0.4) is 0 Å². The second kappa shape index (κ2) is 4.27. The van der Waals surface area contributed by atoms with Gasteiger partial charge in [0.15, 0.2) is 5.82 Å². The van der Waals surface area contributed by atoms with Crippen molar-refractivity contribution >= 4 is 6.01 Å². The Bertz CT molecular complexity index is 286. The van der Waals surface area contributed by atoms with Gasteiger partial charge in [0.1, 0.15) is 13.2 Å². The maximum atomic E-state index is 11.6. The molecule has 0 aliphatic heterocycles. The number of hydrogen-bond donors (Lipinski definition) is 1. The molecular weight excluding hydrogens is 203 g/mol. The number of nitrogens with one attached hydrogen (secondary N) is 1. The third-order valence-corrected chi connectivity index (χ3v) is 1.18. The Morgan fingerprint density at radius 2 is 2.21 bits per heavy atom. The fourth-order valence-corrected chi connectivity index (χ4v) is 0.672. The van der Waals surface area contributed by atoms with Crippen LogP contribution < -0.4 is 5.32 Å². The summed E-state index contributed by atoms with van der Waals surface area (Å²) >= 11 is 0. The topological polar surface area (TPSA) is 60.2 Å². The number of halogens is 3. The minimum absolute atomic E-state index is 0.0681. The number of anilines is 1. The van der Waals surface area contributed by atoms with Crippen molar-refractivity contribution in [3.05, 3.63) is 5.82 Å². The Hall–Kier alpha value is -1.31. The third-order valence-electron chi connectivity index (χ3n) is 1.18. The van der Waals surface area contributed by atoms with Crippen molar-refractivity contribution in [2.24, 2.45) is 0 Å². The van der Waals surface area contributed by atoms with Crippen LogP contribution in [0.25, 0.3) is 0 Å². The fourth-order valence-electron chi connectivity index (χ4n) is 0.672. The number of ether oxygens (including phenoxy) is 1. The summed E-state index contributed by atoms with van der Waals surface area (Å²) in [6.07, 6.45) is -4.34. The summed E-state index contributed by atoms with van der Waals surface area (Å²) in [5, 5.41) is 5.90. The highest BCUT2D eigenvalue weighted by molar-refractivity contribution is 5.15. The highest BCUT2D eigenvalue weighted by Gasteiger charge is 2.27. The first-order chi connectivity index (χ1) is 6.51. The van der Waals surface area contributed by atoms with Crippen LogP contribution in [0, 0.1) is 0 Å². The Morgan fingerprint density at radius 3 is 2.71 bits per heavy atom. The summed E-state index contributed by atoms with van der Waals surface area (Å²) in [7, 11) is 1.55. The summed E-state index contributed by atoms with van der Waals surface area (Å²) < 4.78 is 43.8. The standard InChI is InChI=1S/C6H8F3N3O2/c1-10-5-11-4(12-14-5)2-13-3-6(7,8)9/h2-3H2,1H3,(H,10,11,12). The maximum absolute atomic E-state index is 11.6. The summed E-state index contributed by atoms with van der Waals surface area (Å²) in [5.74, 6) is 0.0681. The lowest BCUT2D eigenvalue weighted by atomic mass is 10.6. The normalized spacial score (nSPS) is 11.7. The average molecular weight is 211 g/mol. The van der Waals surface area contributed by atoms with Gasteiger partial charge in [0.2, 0.25) is 0 Å². The van der Waals surface area contributed by atoms with E-state index in [0.29, 0.717) is 0 Å². The summed E-state index contributed by atoms with van der Waals surface area (Å²) in [5.41, 5.74) is 0. The lowest BCUT2D eigenvalue weighted by molar-refractivity contribution is -0.177. The van der Waals surface area contributed by atoms with Crippen LogP contribution in [-0.2, 0) is 11.3 Å². The fraction of sp³-hybridized carbons (Fsp3) is 0.667. The molecule has 1 aromatic rings. The molecule has 0 fully saturated rings. The van der Waals surface area contributed by atoms with E-state index in [0.717, 1.165) is 0 Å². The van der Waals surface area contributed by atoms with Crippen LogP contribution in [0.15, 0.2) is 4.52 Å². The molecule has 0 aliphatic rings. The molecule has 0 radical (unpaired) electrons. The molecule has 0 saturated carbocycles. The van der Waals surface area contributed by atoms with Crippen molar-refractivity contribution in [1.29, 1.82) is 0 Å². The number of aromatic nitrogens is 2. The second-order valence-electron chi connectivity index (χ2n) is 2.37. The van der Waals surface area contributed by atoms with Gasteiger partial charge in [-0.15, -0.1) is 0 Å². The van der Waals surface area contributed by atoms with Crippen LogP contribution in [0.5, 0.6) is 0 Å². The van der Waals surface area contributed by atoms with Crippen molar-refractivity contribution in [2.75, 3.05) is 19.0 Å². The van der Waals surface area contributed by atoms with E-state index in [1.807, 2.05) is 0 Å². The quantitative estimate of drug-likeness (QED) is 0.810. The van der Waals surface area contributed by atoms with Gasteiger partial charge in [0.25, 0.3) is 0 Å². The smallest absolute Gasteiger partial charge is 0.364 e. The van der Waals surface area contributed by atoms with Crippen molar-refractivity contribution in [2.45, 2.75) is 12.8 Å². The van der Waals surface area contributed by atoms with Gasteiger partial charge in [-0.1, -0.05) is 5.16 Å². The molecule has 0 spiro atoms. The van der Waals surface area contributed by atoms with E-state index in [1.54, 1.807) is 7.05 Å². The minimum Gasteiger partial charge on any atom is -0.364 e. The second-order valence-corrected chi connectivity index (χ2v) is 2.37. The van der Waals surface area contributed by atoms with Crippen LogP contribution in [0.2, 0.25) is 0 Å². The van der Waals surface area contributed by atoms with Crippen molar-refractivity contribution in [1.82, 2.24) is 10.1 Å². The SMILES string of the molecule is CNc1nc(COCC(F)(F)F)no1. The molecular formula is C6H8F3N3O2. The van der Waals surface area contributed by atoms with E-state index in [-0.39, 0.29) is 18.4 Å². The zero-order valence-corrected chi connectivity index (χ0v) is 7.26. The van der Waals surface area contributed by atoms with E-state index >= 15 is 0 Å². The van der Waals surface area contributed by atoms with Gasteiger partial charge in [0.05, 0.1) is 0 Å². The molecule has 0 saturated heterocycles. The van der Waals surface area contributed by atoms with Gasteiger partial charge >= 0.3 is 12.2 Å². The number of alkyl halides is 3. The van der Waals surface area contributed by atoms with E-state index in [1.165, 1.54) is 0 Å². The molecule has 1 aromatic heterocycles. The highest BCUT2D eigenvalue weighted by atomic mass is 19.4. The summed E-state index contributed by atoms with van der Waals surface area (Å²) in [6, 6.07) is 0.135. The number of hydrogen-bond acceptors (Lipinski definition) is 5. The van der Waals surface area contributed by atoms with Gasteiger partial charge in [-0.2, -0.15) is 18.2 Å². The molecule has 0 amide bonds. The molecule has 0 bridgehead atoms. The summed E-state index contributed by atoms with van der Waals surface area (Å²) in [6.45, 7) is -1.65. The Labute approximate surface area is 77.2 Å².